The molecule has 0 unspecified atom stereocenters. The summed E-state index contributed by atoms with van der Waals surface area (Å²) in [5.74, 6) is 2.38. The number of aromatic nitrogens is 4. The number of halogens is 1. The zero-order valence-corrected chi connectivity index (χ0v) is 17.7. The number of rotatable bonds is 6. The Balaban J connectivity index is 1.54. The second-order valence-electron chi connectivity index (χ2n) is 6.83. The van der Waals surface area contributed by atoms with Gasteiger partial charge in [0.15, 0.2) is 5.82 Å². The highest BCUT2D eigenvalue weighted by Crippen LogP contribution is 2.39. The number of aryl methyl sites for hydroxylation is 1. The van der Waals surface area contributed by atoms with E-state index in [1.807, 2.05) is 37.3 Å². The molecule has 1 amide bonds. The molecular weight excluding hydrogens is 469 g/mol. The monoisotopic (exact) mass is 489 g/mol. The number of H-pyrrole nitrogens is 1. The van der Waals surface area contributed by atoms with E-state index in [-0.39, 0.29) is 5.91 Å². The molecule has 3 aromatic rings. The number of hydrogen-bond acceptors (Lipinski definition) is 6. The van der Waals surface area contributed by atoms with E-state index in [2.05, 4.69) is 58.7 Å². The van der Waals surface area contributed by atoms with Crippen molar-refractivity contribution in [1.29, 1.82) is 0 Å². The van der Waals surface area contributed by atoms with Crippen LogP contribution < -0.4 is 16.0 Å². The lowest BCUT2D eigenvalue weighted by Gasteiger charge is -2.12. The van der Waals surface area contributed by atoms with Gasteiger partial charge in [0, 0.05) is 45.6 Å². The molecule has 0 radical (unpaired) electrons. The predicted molar refractivity (Wildman–Crippen MR) is 117 cm³/mol. The lowest BCUT2D eigenvalue weighted by atomic mass is 10.2. The Morgan fingerprint density at radius 1 is 1.14 bits per heavy atom. The number of carbonyl (C=O) groups excluding carboxylic acids is 1. The summed E-state index contributed by atoms with van der Waals surface area (Å²) < 4.78 is 0.993. The summed E-state index contributed by atoms with van der Waals surface area (Å²) in [5, 5.41) is 16.6. The van der Waals surface area contributed by atoms with Gasteiger partial charge in [0.05, 0.1) is 5.69 Å². The van der Waals surface area contributed by atoms with Gasteiger partial charge in [0.25, 0.3) is 0 Å². The van der Waals surface area contributed by atoms with Crippen LogP contribution in [0.3, 0.4) is 0 Å². The summed E-state index contributed by atoms with van der Waals surface area (Å²) in [6, 6.07) is 9.54. The highest BCUT2D eigenvalue weighted by Gasteiger charge is 2.25. The van der Waals surface area contributed by atoms with Crippen LogP contribution in [0.5, 0.6) is 0 Å². The van der Waals surface area contributed by atoms with Crippen LogP contribution in [-0.4, -0.2) is 26.1 Å². The highest BCUT2D eigenvalue weighted by molar-refractivity contribution is 14.1. The van der Waals surface area contributed by atoms with Gasteiger partial charge >= 0.3 is 0 Å². The fourth-order valence-corrected chi connectivity index (χ4v) is 3.32. The first kappa shape index (κ1) is 18.7. The van der Waals surface area contributed by atoms with E-state index in [4.69, 9.17) is 0 Å². The maximum Gasteiger partial charge on any atom is 0.229 e. The Morgan fingerprint density at radius 3 is 2.71 bits per heavy atom. The third-order valence-corrected chi connectivity index (χ3v) is 5.20. The third kappa shape index (κ3) is 4.58. The van der Waals surface area contributed by atoms with Crippen molar-refractivity contribution in [1.82, 2.24) is 20.2 Å². The van der Waals surface area contributed by atoms with Crippen LogP contribution in [0.1, 0.15) is 37.1 Å². The number of nitrogens with one attached hydrogen (secondary N) is 4. The third-order valence-electron chi connectivity index (χ3n) is 4.26. The van der Waals surface area contributed by atoms with Crippen molar-refractivity contribution in [2.45, 2.75) is 32.6 Å². The summed E-state index contributed by atoms with van der Waals surface area (Å²) in [6.07, 6.45) is 2.44. The lowest BCUT2D eigenvalue weighted by Crippen LogP contribution is -2.07. The second-order valence-corrected chi connectivity index (χ2v) is 7.99. The first-order valence-corrected chi connectivity index (χ1v) is 10.1. The van der Waals surface area contributed by atoms with Crippen molar-refractivity contribution in [2.75, 3.05) is 16.0 Å². The average Bonchev–Trinajstić information content (AvgIpc) is 3.37. The molecule has 0 aliphatic heterocycles. The van der Waals surface area contributed by atoms with Gasteiger partial charge in [-0.15, -0.1) is 0 Å². The molecule has 1 fully saturated rings. The lowest BCUT2D eigenvalue weighted by molar-refractivity contribution is -0.114. The zero-order valence-electron chi connectivity index (χ0n) is 15.5. The van der Waals surface area contributed by atoms with Crippen molar-refractivity contribution in [3.63, 3.8) is 0 Å². The molecule has 0 saturated heterocycles. The molecule has 1 aliphatic rings. The normalized spacial score (nSPS) is 13.2. The smallest absolute Gasteiger partial charge is 0.229 e. The largest absolute Gasteiger partial charge is 0.326 e. The topological polar surface area (TPSA) is 108 Å². The van der Waals surface area contributed by atoms with Gasteiger partial charge in [-0.1, -0.05) is 0 Å². The van der Waals surface area contributed by atoms with Crippen molar-refractivity contribution in [3.8, 4) is 0 Å². The van der Waals surface area contributed by atoms with Gasteiger partial charge in [-0.3, -0.25) is 9.89 Å². The molecular formula is C19H20IN7O. The van der Waals surface area contributed by atoms with Crippen molar-refractivity contribution < 1.29 is 4.79 Å². The Morgan fingerprint density at radius 2 is 1.96 bits per heavy atom. The number of nitrogens with zero attached hydrogens (tertiary/aromatic N) is 3. The van der Waals surface area contributed by atoms with Crippen LogP contribution in [0.2, 0.25) is 0 Å². The summed E-state index contributed by atoms with van der Waals surface area (Å²) >= 11 is 2.23. The van der Waals surface area contributed by atoms with Crippen LogP contribution in [0.4, 0.5) is 29.0 Å². The molecule has 0 atom stereocenters. The summed E-state index contributed by atoms with van der Waals surface area (Å²) in [7, 11) is 0. The van der Waals surface area contributed by atoms with Crippen LogP contribution in [-0.2, 0) is 4.79 Å². The quantitative estimate of drug-likeness (QED) is 0.382. The second kappa shape index (κ2) is 7.74. The van der Waals surface area contributed by atoms with Crippen LogP contribution in [0.25, 0.3) is 0 Å². The first-order chi connectivity index (χ1) is 13.5. The molecule has 2 heterocycles. The Bertz CT molecular complexity index is 1030. The Labute approximate surface area is 176 Å². The standard InChI is InChI=1S/C19H20IN7O/c1-10-7-17(24-18-9-15(26-27-18)12-3-4-12)25-19(21-10)23-16-8-13(22-11(2)28)5-6-14(16)20/h5-9,12H,3-4H2,1-2H3,(H,22,28)(H3,21,23,24,25,26,27). The molecule has 0 bridgehead atoms. The van der Waals surface area contributed by atoms with E-state index in [1.165, 1.54) is 19.8 Å². The molecule has 4 rings (SSSR count). The van der Waals surface area contributed by atoms with Gasteiger partial charge < -0.3 is 16.0 Å². The van der Waals surface area contributed by atoms with Crippen LogP contribution in [0, 0.1) is 10.5 Å². The molecule has 2 aromatic heterocycles. The van der Waals surface area contributed by atoms with Gasteiger partial charge in [-0.25, -0.2) is 4.98 Å². The molecule has 28 heavy (non-hydrogen) atoms. The number of carbonyl (C=O) groups is 1. The minimum absolute atomic E-state index is 0.116. The number of amides is 1. The van der Waals surface area contributed by atoms with Crippen molar-refractivity contribution in [3.05, 3.63) is 45.3 Å². The summed E-state index contributed by atoms with van der Waals surface area (Å²) in [6.45, 7) is 3.40. The van der Waals surface area contributed by atoms with Gasteiger partial charge in [0.2, 0.25) is 11.9 Å². The molecule has 1 aromatic carbocycles. The Hall–Kier alpha value is -2.69. The fraction of sp³-hybridized carbons (Fsp3) is 0.263. The molecule has 0 spiro atoms. The molecule has 1 aliphatic carbocycles. The number of aromatic amines is 1. The highest BCUT2D eigenvalue weighted by atomic mass is 127. The molecule has 1 saturated carbocycles. The van der Waals surface area contributed by atoms with Gasteiger partial charge in [0.1, 0.15) is 5.82 Å². The van der Waals surface area contributed by atoms with Crippen LogP contribution in [0.15, 0.2) is 30.3 Å². The summed E-state index contributed by atoms with van der Waals surface area (Å²) in [5.41, 5.74) is 3.52. The van der Waals surface area contributed by atoms with Gasteiger partial charge in [-0.2, -0.15) is 10.1 Å². The number of hydrogen-bond donors (Lipinski definition) is 4. The van der Waals surface area contributed by atoms with E-state index in [9.17, 15) is 4.79 Å². The SMILES string of the molecule is CC(=O)Nc1ccc(I)c(Nc2nc(C)cc(Nc3cc(C4CC4)[nH]n3)n2)c1. The van der Waals surface area contributed by atoms with Gasteiger partial charge in [-0.05, 0) is 60.6 Å². The number of anilines is 5. The van der Waals surface area contributed by atoms with Crippen molar-refractivity contribution >= 4 is 57.5 Å². The van der Waals surface area contributed by atoms with E-state index >= 15 is 0 Å². The first-order valence-electron chi connectivity index (χ1n) is 8.98. The minimum Gasteiger partial charge on any atom is -0.326 e. The minimum atomic E-state index is -0.116. The predicted octanol–water partition coefficient (Wildman–Crippen LogP) is 4.44. The van der Waals surface area contributed by atoms with E-state index in [1.54, 1.807) is 0 Å². The number of benzene rings is 1. The van der Waals surface area contributed by atoms with Crippen LogP contribution >= 0.6 is 22.6 Å². The van der Waals surface area contributed by atoms with E-state index < -0.39 is 0 Å². The van der Waals surface area contributed by atoms with Crippen molar-refractivity contribution in [2.24, 2.45) is 0 Å². The Kier molecular flexibility index (Phi) is 5.16. The van der Waals surface area contributed by atoms with E-state index in [0.29, 0.717) is 23.4 Å². The molecule has 144 valence electrons. The molecule has 9 heteroatoms. The molecule has 8 nitrogen and oxygen atoms in total. The molecule has 4 N–H and O–H groups in total. The van der Waals surface area contributed by atoms with E-state index in [0.717, 1.165) is 26.5 Å². The zero-order chi connectivity index (χ0) is 19.7. The average molecular weight is 489 g/mol. The fourth-order valence-electron chi connectivity index (χ4n) is 2.85. The summed E-state index contributed by atoms with van der Waals surface area (Å²) in [4.78, 5) is 20.3. The maximum atomic E-state index is 11.3. The maximum absolute atomic E-state index is 11.3.